The molecule has 0 aliphatic heterocycles. The van der Waals surface area contributed by atoms with Crippen molar-refractivity contribution < 1.29 is 9.59 Å². The molecule has 0 saturated carbocycles. The summed E-state index contributed by atoms with van der Waals surface area (Å²) in [6, 6.07) is 1.24. The number of nitrogens with one attached hydrogen (secondary N) is 3. The predicted octanol–water partition coefficient (Wildman–Crippen LogP) is -0.449. The van der Waals surface area contributed by atoms with Crippen LogP contribution in [0.15, 0.2) is 12.3 Å². The van der Waals surface area contributed by atoms with Gasteiger partial charge in [0.1, 0.15) is 6.04 Å². The van der Waals surface area contributed by atoms with Crippen molar-refractivity contribution in [3.05, 3.63) is 18.0 Å². The topological polar surface area (TPSA) is 86.9 Å². The quantitative estimate of drug-likeness (QED) is 0.629. The van der Waals surface area contributed by atoms with Crippen LogP contribution < -0.4 is 10.6 Å². The zero-order valence-corrected chi connectivity index (χ0v) is 8.70. The number of rotatable bonds is 4. The number of carbonyl (C=O) groups is 2. The number of H-pyrrole nitrogens is 1. The summed E-state index contributed by atoms with van der Waals surface area (Å²) < 4.78 is 0. The van der Waals surface area contributed by atoms with Gasteiger partial charge < -0.3 is 10.6 Å². The molecule has 1 heterocycles. The van der Waals surface area contributed by atoms with Gasteiger partial charge in [0.25, 0.3) is 0 Å². The van der Waals surface area contributed by atoms with Gasteiger partial charge in [0.05, 0.1) is 12.2 Å². The Kier molecular flexibility index (Phi) is 3.84. The van der Waals surface area contributed by atoms with Gasteiger partial charge in [0.15, 0.2) is 0 Å². The second-order valence-electron chi connectivity index (χ2n) is 3.22. The van der Waals surface area contributed by atoms with Gasteiger partial charge in [-0.25, -0.2) is 0 Å². The third kappa shape index (κ3) is 3.80. The molecule has 1 aromatic rings. The van der Waals surface area contributed by atoms with Crippen LogP contribution in [0.3, 0.4) is 0 Å². The van der Waals surface area contributed by atoms with Gasteiger partial charge in [-0.15, -0.1) is 0 Å². The Bertz CT molecular complexity index is 334. The van der Waals surface area contributed by atoms with Crippen LogP contribution in [-0.2, 0) is 16.1 Å². The summed E-state index contributed by atoms with van der Waals surface area (Å²) >= 11 is 0. The number of hydrogen-bond acceptors (Lipinski definition) is 3. The lowest BCUT2D eigenvalue weighted by Gasteiger charge is -2.11. The van der Waals surface area contributed by atoms with Crippen molar-refractivity contribution >= 4 is 11.8 Å². The average Bonchev–Trinajstić information content (AvgIpc) is 2.65. The van der Waals surface area contributed by atoms with Crippen LogP contribution in [0.25, 0.3) is 0 Å². The second kappa shape index (κ2) is 5.14. The van der Waals surface area contributed by atoms with Crippen molar-refractivity contribution in [2.24, 2.45) is 0 Å². The third-order valence-corrected chi connectivity index (χ3v) is 1.82. The maximum atomic E-state index is 11.4. The Morgan fingerprint density at radius 2 is 2.33 bits per heavy atom. The van der Waals surface area contributed by atoms with E-state index in [9.17, 15) is 9.59 Å². The number of amides is 2. The number of aromatic amines is 1. The van der Waals surface area contributed by atoms with E-state index in [1.807, 2.05) is 0 Å². The first-order chi connectivity index (χ1) is 7.09. The van der Waals surface area contributed by atoms with Crippen LogP contribution in [0.5, 0.6) is 0 Å². The van der Waals surface area contributed by atoms with Crippen molar-refractivity contribution in [2.75, 3.05) is 0 Å². The molecule has 1 unspecified atom stereocenters. The summed E-state index contributed by atoms with van der Waals surface area (Å²) in [4.78, 5) is 22.1. The molecule has 1 atom stereocenters. The Balaban J connectivity index is 2.32. The molecular formula is C9H14N4O2. The van der Waals surface area contributed by atoms with Crippen LogP contribution in [-0.4, -0.2) is 28.1 Å². The number of aromatic nitrogens is 2. The van der Waals surface area contributed by atoms with Gasteiger partial charge in [-0.2, -0.15) is 5.10 Å². The smallest absolute Gasteiger partial charge is 0.242 e. The van der Waals surface area contributed by atoms with E-state index in [-0.39, 0.29) is 11.8 Å². The van der Waals surface area contributed by atoms with E-state index < -0.39 is 6.04 Å². The molecule has 15 heavy (non-hydrogen) atoms. The highest BCUT2D eigenvalue weighted by Gasteiger charge is 2.12. The minimum absolute atomic E-state index is 0.222. The number of hydrogen-bond donors (Lipinski definition) is 3. The van der Waals surface area contributed by atoms with E-state index >= 15 is 0 Å². The van der Waals surface area contributed by atoms with E-state index in [4.69, 9.17) is 0 Å². The summed E-state index contributed by atoms with van der Waals surface area (Å²) in [7, 11) is 0. The first-order valence-corrected chi connectivity index (χ1v) is 4.62. The third-order valence-electron chi connectivity index (χ3n) is 1.82. The largest absolute Gasteiger partial charge is 0.349 e. The highest BCUT2D eigenvalue weighted by atomic mass is 16.2. The van der Waals surface area contributed by atoms with Crippen LogP contribution in [0, 0.1) is 0 Å². The average molecular weight is 210 g/mol. The van der Waals surface area contributed by atoms with E-state index in [0.29, 0.717) is 6.54 Å². The monoisotopic (exact) mass is 210 g/mol. The van der Waals surface area contributed by atoms with Gasteiger partial charge in [-0.3, -0.25) is 14.7 Å². The Labute approximate surface area is 87.4 Å². The summed E-state index contributed by atoms with van der Waals surface area (Å²) in [6.07, 6.45) is 1.61. The highest BCUT2D eigenvalue weighted by Crippen LogP contribution is 1.91. The lowest BCUT2D eigenvalue weighted by Crippen LogP contribution is -2.43. The van der Waals surface area contributed by atoms with Crippen molar-refractivity contribution in [1.29, 1.82) is 0 Å². The van der Waals surface area contributed by atoms with Gasteiger partial charge in [-0.05, 0) is 13.0 Å². The molecule has 0 aliphatic carbocycles. The van der Waals surface area contributed by atoms with Crippen molar-refractivity contribution in [3.8, 4) is 0 Å². The molecule has 0 spiro atoms. The molecule has 1 aromatic heterocycles. The molecule has 1 rings (SSSR count). The maximum absolute atomic E-state index is 11.4. The fourth-order valence-corrected chi connectivity index (χ4v) is 1.09. The van der Waals surface area contributed by atoms with E-state index in [1.165, 1.54) is 6.92 Å². The normalized spacial score (nSPS) is 11.9. The lowest BCUT2D eigenvalue weighted by molar-refractivity contribution is -0.127. The summed E-state index contributed by atoms with van der Waals surface area (Å²) in [5.41, 5.74) is 0.818. The second-order valence-corrected chi connectivity index (χ2v) is 3.22. The molecule has 82 valence electrons. The maximum Gasteiger partial charge on any atom is 0.242 e. The molecule has 0 saturated heterocycles. The van der Waals surface area contributed by atoms with Crippen LogP contribution in [0.2, 0.25) is 0 Å². The lowest BCUT2D eigenvalue weighted by atomic mass is 10.3. The van der Waals surface area contributed by atoms with Gasteiger partial charge >= 0.3 is 0 Å². The molecule has 0 aliphatic rings. The van der Waals surface area contributed by atoms with Gasteiger partial charge in [-0.1, -0.05) is 0 Å². The Morgan fingerprint density at radius 1 is 1.60 bits per heavy atom. The fourth-order valence-electron chi connectivity index (χ4n) is 1.09. The number of carbonyl (C=O) groups excluding carboxylic acids is 2. The zero-order valence-electron chi connectivity index (χ0n) is 8.70. The van der Waals surface area contributed by atoms with Crippen molar-refractivity contribution in [2.45, 2.75) is 26.4 Å². The molecule has 0 fully saturated rings. The van der Waals surface area contributed by atoms with Gasteiger partial charge in [0, 0.05) is 13.1 Å². The Morgan fingerprint density at radius 3 is 2.87 bits per heavy atom. The highest BCUT2D eigenvalue weighted by molar-refractivity contribution is 5.86. The minimum atomic E-state index is -0.523. The van der Waals surface area contributed by atoms with E-state index in [2.05, 4.69) is 20.8 Å². The minimum Gasteiger partial charge on any atom is -0.349 e. The zero-order chi connectivity index (χ0) is 11.3. The molecule has 3 N–H and O–H groups in total. The molecule has 6 heteroatoms. The summed E-state index contributed by atoms with van der Waals surface area (Å²) in [5, 5.41) is 11.6. The molecule has 2 amide bonds. The fraction of sp³-hybridized carbons (Fsp3) is 0.444. The van der Waals surface area contributed by atoms with Crippen molar-refractivity contribution in [3.63, 3.8) is 0 Å². The number of nitrogens with zero attached hydrogens (tertiary/aromatic N) is 1. The molecule has 6 nitrogen and oxygen atoms in total. The summed E-state index contributed by atoms with van der Waals surface area (Å²) in [6.45, 7) is 3.38. The Hall–Kier alpha value is -1.85. The summed E-state index contributed by atoms with van der Waals surface area (Å²) in [5.74, 6) is -0.445. The van der Waals surface area contributed by atoms with E-state index in [1.54, 1.807) is 19.2 Å². The van der Waals surface area contributed by atoms with Crippen LogP contribution in [0.1, 0.15) is 19.5 Å². The molecule has 0 aromatic carbocycles. The SMILES string of the molecule is CC(=O)NC(C)C(=O)NCc1ccn[nH]1. The molecule has 0 bridgehead atoms. The van der Waals surface area contributed by atoms with Crippen molar-refractivity contribution in [1.82, 2.24) is 20.8 Å². The first kappa shape index (κ1) is 11.2. The molecular weight excluding hydrogens is 196 g/mol. The predicted molar refractivity (Wildman–Crippen MR) is 53.7 cm³/mol. The first-order valence-electron chi connectivity index (χ1n) is 4.62. The van der Waals surface area contributed by atoms with Gasteiger partial charge in [0.2, 0.25) is 11.8 Å². The van der Waals surface area contributed by atoms with E-state index in [0.717, 1.165) is 5.69 Å². The van der Waals surface area contributed by atoms with Crippen LogP contribution >= 0.6 is 0 Å². The standard InChI is InChI=1S/C9H14N4O2/c1-6(12-7(2)14)9(15)10-5-8-3-4-11-13-8/h3-4,6H,5H2,1-2H3,(H,10,15)(H,11,13)(H,12,14). The molecule has 0 radical (unpaired) electrons. The van der Waals surface area contributed by atoms with Crippen LogP contribution in [0.4, 0.5) is 0 Å².